The highest BCUT2D eigenvalue weighted by Gasteiger charge is 2.27. The second kappa shape index (κ2) is 6.84. The monoisotopic (exact) mass is 350 g/mol. The number of rotatable bonds is 2. The average molecular weight is 350 g/mol. The first-order chi connectivity index (χ1) is 12.6. The zero-order valence-electron chi connectivity index (χ0n) is 14.5. The summed E-state index contributed by atoms with van der Waals surface area (Å²) in [5.74, 6) is -0.307. The quantitative estimate of drug-likeness (QED) is 0.704. The number of carbonyl (C=O) groups excluding carboxylic acids is 1. The van der Waals surface area contributed by atoms with Gasteiger partial charge in [-0.3, -0.25) is 9.78 Å². The third-order valence-corrected chi connectivity index (χ3v) is 4.67. The van der Waals surface area contributed by atoms with E-state index in [0.717, 1.165) is 22.2 Å². The number of fused-ring (bicyclic) bond motifs is 1. The molecule has 2 heterocycles. The molecule has 1 saturated heterocycles. The molecule has 0 aliphatic carbocycles. The van der Waals surface area contributed by atoms with Crippen molar-refractivity contribution in [1.82, 2.24) is 9.88 Å². The average Bonchev–Trinajstić information content (AvgIpc) is 2.67. The van der Waals surface area contributed by atoms with Crippen molar-refractivity contribution in [2.45, 2.75) is 13.0 Å². The number of para-hydroxylation sites is 1. The number of pyridine rings is 1. The summed E-state index contributed by atoms with van der Waals surface area (Å²) >= 11 is 0. The number of carbonyl (C=O) groups is 1. The van der Waals surface area contributed by atoms with Crippen LogP contribution in [0.2, 0.25) is 0 Å². The molecule has 0 saturated carbocycles. The molecule has 1 aromatic heterocycles. The van der Waals surface area contributed by atoms with Gasteiger partial charge in [0.15, 0.2) is 0 Å². The summed E-state index contributed by atoms with van der Waals surface area (Å²) in [6.45, 7) is 3.33. The highest BCUT2D eigenvalue weighted by Crippen LogP contribution is 2.26. The summed E-state index contributed by atoms with van der Waals surface area (Å²) in [6.07, 6.45) is -0.248. The molecule has 2 aromatic carbocycles. The van der Waals surface area contributed by atoms with Crippen LogP contribution in [0.1, 0.15) is 27.7 Å². The van der Waals surface area contributed by atoms with Gasteiger partial charge < -0.3 is 9.64 Å². The maximum Gasteiger partial charge on any atom is 0.254 e. The van der Waals surface area contributed by atoms with Crippen molar-refractivity contribution >= 4 is 16.8 Å². The summed E-state index contributed by atoms with van der Waals surface area (Å²) in [4.78, 5) is 19.5. The van der Waals surface area contributed by atoms with Gasteiger partial charge in [-0.05, 0) is 36.8 Å². The van der Waals surface area contributed by atoms with Crippen molar-refractivity contribution in [3.8, 4) is 0 Å². The molecule has 0 bridgehead atoms. The van der Waals surface area contributed by atoms with E-state index in [1.165, 1.54) is 12.1 Å². The molecule has 0 N–H and O–H groups in total. The molecular weight excluding hydrogens is 331 g/mol. The van der Waals surface area contributed by atoms with Crippen LogP contribution in [-0.2, 0) is 4.74 Å². The van der Waals surface area contributed by atoms with Crippen LogP contribution in [0, 0.1) is 12.7 Å². The molecule has 4 rings (SSSR count). The summed E-state index contributed by atoms with van der Waals surface area (Å²) in [5, 5.41) is 0.855. The maximum absolute atomic E-state index is 13.2. The SMILES string of the molecule is Cc1cc(C(=O)N2CCOC(c3ccc(F)cc3)C2)c2ccccc2n1. The molecule has 5 heteroatoms. The fourth-order valence-corrected chi connectivity index (χ4v) is 3.37. The molecule has 1 amide bonds. The predicted molar refractivity (Wildman–Crippen MR) is 97.5 cm³/mol. The highest BCUT2D eigenvalue weighted by molar-refractivity contribution is 6.06. The van der Waals surface area contributed by atoms with Crippen molar-refractivity contribution in [1.29, 1.82) is 0 Å². The van der Waals surface area contributed by atoms with Gasteiger partial charge in [-0.25, -0.2) is 4.39 Å². The van der Waals surface area contributed by atoms with E-state index in [9.17, 15) is 9.18 Å². The van der Waals surface area contributed by atoms with Crippen LogP contribution in [-0.4, -0.2) is 35.5 Å². The maximum atomic E-state index is 13.2. The number of ether oxygens (including phenoxy) is 1. The van der Waals surface area contributed by atoms with Gasteiger partial charge >= 0.3 is 0 Å². The van der Waals surface area contributed by atoms with Gasteiger partial charge in [0.25, 0.3) is 5.91 Å². The van der Waals surface area contributed by atoms with Crippen LogP contribution in [0.3, 0.4) is 0 Å². The van der Waals surface area contributed by atoms with E-state index in [1.807, 2.05) is 37.3 Å². The number of halogens is 1. The molecular formula is C21H19FN2O2. The molecule has 1 aliphatic heterocycles. The number of morpholine rings is 1. The van der Waals surface area contributed by atoms with Gasteiger partial charge in [-0.15, -0.1) is 0 Å². The second-order valence-electron chi connectivity index (χ2n) is 6.49. The van der Waals surface area contributed by atoms with Gasteiger partial charge in [0.05, 0.1) is 24.2 Å². The number of nitrogens with zero attached hydrogens (tertiary/aromatic N) is 2. The van der Waals surface area contributed by atoms with E-state index >= 15 is 0 Å². The molecule has 0 spiro atoms. The van der Waals surface area contributed by atoms with E-state index in [0.29, 0.717) is 25.3 Å². The fourth-order valence-electron chi connectivity index (χ4n) is 3.37. The second-order valence-corrected chi connectivity index (χ2v) is 6.49. The van der Waals surface area contributed by atoms with Gasteiger partial charge in [0.1, 0.15) is 11.9 Å². The Labute approximate surface area is 151 Å². The number of amides is 1. The van der Waals surface area contributed by atoms with Crippen LogP contribution in [0.5, 0.6) is 0 Å². The van der Waals surface area contributed by atoms with Crippen LogP contribution in [0.15, 0.2) is 54.6 Å². The molecule has 0 radical (unpaired) electrons. The third kappa shape index (κ3) is 3.18. The molecule has 1 unspecified atom stereocenters. The van der Waals surface area contributed by atoms with Crippen LogP contribution >= 0.6 is 0 Å². The van der Waals surface area contributed by atoms with E-state index in [2.05, 4.69) is 4.98 Å². The lowest BCUT2D eigenvalue weighted by Crippen LogP contribution is -2.42. The lowest BCUT2D eigenvalue weighted by Gasteiger charge is -2.33. The van der Waals surface area contributed by atoms with Crippen LogP contribution in [0.4, 0.5) is 4.39 Å². The topological polar surface area (TPSA) is 42.4 Å². The van der Waals surface area contributed by atoms with E-state index < -0.39 is 0 Å². The number of aromatic nitrogens is 1. The number of benzene rings is 2. The summed E-state index contributed by atoms with van der Waals surface area (Å²) in [6, 6.07) is 15.8. The number of aryl methyl sites for hydroxylation is 1. The first kappa shape index (κ1) is 16.7. The summed E-state index contributed by atoms with van der Waals surface area (Å²) < 4.78 is 19.0. The van der Waals surface area contributed by atoms with Crippen molar-refractivity contribution in [2.75, 3.05) is 19.7 Å². The van der Waals surface area contributed by atoms with Gasteiger partial charge in [-0.1, -0.05) is 30.3 Å². The normalized spacial score (nSPS) is 17.5. The number of hydrogen-bond acceptors (Lipinski definition) is 3. The Kier molecular flexibility index (Phi) is 4.39. The van der Waals surface area contributed by atoms with E-state index in [1.54, 1.807) is 17.0 Å². The largest absolute Gasteiger partial charge is 0.370 e. The summed E-state index contributed by atoms with van der Waals surface area (Å²) in [7, 11) is 0. The molecule has 1 aliphatic rings. The van der Waals surface area contributed by atoms with Crippen LogP contribution < -0.4 is 0 Å². The van der Waals surface area contributed by atoms with Gasteiger partial charge in [0, 0.05) is 17.6 Å². The van der Waals surface area contributed by atoms with E-state index in [4.69, 9.17) is 4.74 Å². The van der Waals surface area contributed by atoms with Crippen molar-refractivity contribution in [2.24, 2.45) is 0 Å². The van der Waals surface area contributed by atoms with Crippen molar-refractivity contribution in [3.05, 3.63) is 77.2 Å². The summed E-state index contributed by atoms with van der Waals surface area (Å²) in [5.41, 5.74) is 3.17. The Bertz CT molecular complexity index is 956. The van der Waals surface area contributed by atoms with Crippen molar-refractivity contribution < 1.29 is 13.9 Å². The minimum Gasteiger partial charge on any atom is -0.370 e. The Balaban J connectivity index is 1.63. The molecule has 26 heavy (non-hydrogen) atoms. The molecule has 4 nitrogen and oxygen atoms in total. The standard InChI is InChI=1S/C21H19FN2O2/c1-14-12-18(17-4-2-3-5-19(17)23-14)21(25)24-10-11-26-20(13-24)15-6-8-16(22)9-7-15/h2-9,12,20H,10-11,13H2,1H3. The number of hydrogen-bond donors (Lipinski definition) is 0. The highest BCUT2D eigenvalue weighted by atomic mass is 19.1. The fraction of sp³-hybridized carbons (Fsp3) is 0.238. The lowest BCUT2D eigenvalue weighted by molar-refractivity contribution is -0.0227. The molecule has 1 fully saturated rings. The van der Waals surface area contributed by atoms with Gasteiger partial charge in [-0.2, -0.15) is 0 Å². The van der Waals surface area contributed by atoms with Crippen molar-refractivity contribution in [3.63, 3.8) is 0 Å². The minimum atomic E-state index is -0.281. The Morgan fingerprint density at radius 1 is 1.19 bits per heavy atom. The zero-order chi connectivity index (χ0) is 18.1. The first-order valence-corrected chi connectivity index (χ1v) is 8.64. The van der Waals surface area contributed by atoms with Crippen LogP contribution in [0.25, 0.3) is 10.9 Å². The Hall–Kier alpha value is -2.79. The first-order valence-electron chi connectivity index (χ1n) is 8.64. The Morgan fingerprint density at radius 2 is 1.96 bits per heavy atom. The smallest absolute Gasteiger partial charge is 0.254 e. The lowest BCUT2D eigenvalue weighted by atomic mass is 10.0. The molecule has 132 valence electrons. The minimum absolute atomic E-state index is 0.0258. The Morgan fingerprint density at radius 3 is 2.77 bits per heavy atom. The third-order valence-electron chi connectivity index (χ3n) is 4.67. The molecule has 3 aromatic rings. The predicted octanol–water partition coefficient (Wildman–Crippen LogP) is 3.90. The zero-order valence-corrected chi connectivity index (χ0v) is 14.5. The van der Waals surface area contributed by atoms with E-state index in [-0.39, 0.29) is 17.8 Å². The van der Waals surface area contributed by atoms with Gasteiger partial charge in [0.2, 0.25) is 0 Å². The molecule has 1 atom stereocenters.